The molecule has 32 heavy (non-hydrogen) atoms. The van der Waals surface area contributed by atoms with E-state index in [0.717, 1.165) is 0 Å². The Morgan fingerprint density at radius 2 is 1.97 bits per heavy atom. The Hall–Kier alpha value is -2.52. The van der Waals surface area contributed by atoms with Gasteiger partial charge in [-0.05, 0) is 19.4 Å². The second-order valence-corrected chi connectivity index (χ2v) is 10.6. The summed E-state index contributed by atoms with van der Waals surface area (Å²) in [5, 5.41) is 14.7. The first kappa shape index (κ1) is 24.1. The van der Waals surface area contributed by atoms with Crippen LogP contribution in [0, 0.1) is 15.5 Å². The number of nitrogens with one attached hydrogen (secondary N) is 1. The number of hydrogen-bond donors (Lipinski definition) is 2. The predicted molar refractivity (Wildman–Crippen MR) is 118 cm³/mol. The number of non-ortho nitro benzene ring substituents is 1. The number of nitrogens with two attached hydrogens (primary N) is 1. The number of nitro benzene ring substituents is 1. The van der Waals surface area contributed by atoms with E-state index in [2.05, 4.69) is 5.32 Å². The molecule has 1 unspecified atom stereocenters. The maximum Gasteiger partial charge on any atom is 0.360 e. The van der Waals surface area contributed by atoms with Crippen molar-refractivity contribution in [1.82, 2.24) is 5.32 Å². The topological polar surface area (TPSA) is 143 Å². The molecule has 174 valence electrons. The molecule has 3 N–H and O–H groups in total. The van der Waals surface area contributed by atoms with Crippen molar-refractivity contribution in [2.45, 2.75) is 33.6 Å². The maximum atomic E-state index is 13.9. The molecule has 0 bridgehead atoms. The van der Waals surface area contributed by atoms with Crippen molar-refractivity contribution in [3.63, 3.8) is 0 Å². The summed E-state index contributed by atoms with van der Waals surface area (Å²) in [6.07, 6.45) is 0. The fourth-order valence-electron chi connectivity index (χ4n) is 3.73. The molecule has 1 aromatic carbocycles. The van der Waals surface area contributed by atoms with Crippen molar-refractivity contribution in [2.24, 2.45) is 11.1 Å². The molecule has 1 saturated heterocycles. The van der Waals surface area contributed by atoms with Gasteiger partial charge in [-0.2, -0.15) is 0 Å². The average Bonchev–Trinajstić information content (AvgIpc) is 2.74. The standard InChI is InChI=1S/C21H28N3O7P/c1-13-17(20(25)29-9-8-22)18(15-6-5-7-16(10-15)24(26)27)19(14(2)23-13)32(28)30-11-21(3,4)12-31-32/h5-7,10,18,23H,8-9,11-12,22H2,1-4H3. The highest BCUT2D eigenvalue weighted by atomic mass is 31.2. The zero-order chi connectivity index (χ0) is 23.7. The fraction of sp³-hybridized carbons (Fsp3) is 0.476. The summed E-state index contributed by atoms with van der Waals surface area (Å²) >= 11 is 0. The minimum atomic E-state index is -3.83. The highest BCUT2D eigenvalue weighted by Crippen LogP contribution is 2.66. The molecular formula is C21H28N3O7P. The minimum Gasteiger partial charge on any atom is -0.461 e. The molecule has 0 amide bonds. The lowest BCUT2D eigenvalue weighted by Gasteiger charge is -2.39. The second kappa shape index (κ2) is 9.15. The fourth-order valence-corrected chi connectivity index (χ4v) is 6.18. The van der Waals surface area contributed by atoms with Crippen molar-refractivity contribution in [2.75, 3.05) is 26.4 Å². The van der Waals surface area contributed by atoms with E-state index in [1.165, 1.54) is 18.2 Å². The summed E-state index contributed by atoms with van der Waals surface area (Å²) in [5.41, 5.74) is 6.54. The predicted octanol–water partition coefficient (Wildman–Crippen LogP) is 3.56. The van der Waals surface area contributed by atoms with Gasteiger partial charge in [-0.25, -0.2) is 4.79 Å². The summed E-state index contributed by atoms with van der Waals surface area (Å²) in [4.78, 5) is 23.9. The first-order valence-corrected chi connectivity index (χ1v) is 11.7. The first-order valence-electron chi connectivity index (χ1n) is 10.2. The quantitative estimate of drug-likeness (QED) is 0.279. The number of carbonyl (C=O) groups is 1. The number of nitrogens with zero attached hydrogens (tertiary/aromatic N) is 1. The highest BCUT2D eigenvalue weighted by Gasteiger charge is 2.48. The van der Waals surface area contributed by atoms with E-state index in [1.807, 2.05) is 13.8 Å². The first-order chi connectivity index (χ1) is 15.0. The number of dihydropyridines is 1. The molecule has 1 fully saturated rings. The van der Waals surface area contributed by atoms with Crippen LogP contribution in [-0.2, 0) is 23.1 Å². The molecular weight excluding hydrogens is 437 g/mol. The van der Waals surface area contributed by atoms with Crippen molar-refractivity contribution in [3.05, 3.63) is 62.2 Å². The molecule has 1 aromatic rings. The molecule has 2 aliphatic heterocycles. The van der Waals surface area contributed by atoms with Gasteiger partial charge in [-0.15, -0.1) is 0 Å². The molecule has 0 radical (unpaired) electrons. The lowest BCUT2D eigenvalue weighted by molar-refractivity contribution is -0.384. The van der Waals surface area contributed by atoms with E-state index in [9.17, 15) is 19.5 Å². The van der Waals surface area contributed by atoms with Crippen molar-refractivity contribution in [3.8, 4) is 0 Å². The summed E-state index contributed by atoms with van der Waals surface area (Å²) in [5.74, 6) is -1.58. The number of benzene rings is 1. The Kier molecular flexibility index (Phi) is 6.90. The van der Waals surface area contributed by atoms with Gasteiger partial charge in [0.25, 0.3) is 5.69 Å². The van der Waals surface area contributed by atoms with Crippen molar-refractivity contribution < 1.29 is 28.1 Å². The minimum absolute atomic E-state index is 0.00580. The van der Waals surface area contributed by atoms with Crippen LogP contribution in [0.3, 0.4) is 0 Å². The third-order valence-corrected chi connectivity index (χ3v) is 7.38. The molecule has 1 atom stereocenters. The molecule has 0 spiro atoms. The zero-order valence-corrected chi connectivity index (χ0v) is 19.4. The third-order valence-electron chi connectivity index (χ3n) is 5.26. The summed E-state index contributed by atoms with van der Waals surface area (Å²) < 4.78 is 30.7. The summed E-state index contributed by atoms with van der Waals surface area (Å²) in [6, 6.07) is 5.86. The number of hydrogen-bond acceptors (Lipinski definition) is 9. The van der Waals surface area contributed by atoms with Crippen LogP contribution in [0.2, 0.25) is 0 Å². The second-order valence-electron chi connectivity index (χ2n) is 8.59. The van der Waals surface area contributed by atoms with E-state index >= 15 is 0 Å². The van der Waals surface area contributed by atoms with Crippen LogP contribution in [0.15, 0.2) is 46.5 Å². The number of ether oxygens (including phenoxy) is 1. The van der Waals surface area contributed by atoms with E-state index in [4.69, 9.17) is 19.5 Å². The number of rotatable bonds is 6. The van der Waals surface area contributed by atoms with Crippen LogP contribution in [-0.4, -0.2) is 37.3 Å². The molecule has 0 saturated carbocycles. The van der Waals surface area contributed by atoms with Crippen molar-refractivity contribution >= 4 is 19.3 Å². The van der Waals surface area contributed by atoms with Gasteiger partial charge in [0.05, 0.1) is 34.9 Å². The van der Waals surface area contributed by atoms with Crippen LogP contribution < -0.4 is 11.1 Å². The maximum absolute atomic E-state index is 13.9. The number of esters is 1. The van der Waals surface area contributed by atoms with Crippen LogP contribution in [0.5, 0.6) is 0 Å². The Bertz CT molecular complexity index is 1030. The Morgan fingerprint density at radius 1 is 1.31 bits per heavy atom. The van der Waals surface area contributed by atoms with Gasteiger partial charge in [-0.3, -0.25) is 14.7 Å². The Balaban J connectivity index is 2.17. The van der Waals surface area contributed by atoms with Crippen molar-refractivity contribution in [1.29, 1.82) is 0 Å². The van der Waals surface area contributed by atoms with Gasteiger partial charge in [-0.1, -0.05) is 26.0 Å². The monoisotopic (exact) mass is 465 g/mol. The zero-order valence-electron chi connectivity index (χ0n) is 18.5. The average molecular weight is 465 g/mol. The molecule has 10 nitrogen and oxygen atoms in total. The molecule has 2 heterocycles. The normalized spacial score (nSPS) is 22.3. The molecule has 11 heteroatoms. The van der Waals surface area contributed by atoms with Gasteiger partial charge in [0.2, 0.25) is 0 Å². The Morgan fingerprint density at radius 3 is 2.56 bits per heavy atom. The summed E-state index contributed by atoms with van der Waals surface area (Å²) in [6.45, 7) is 7.76. The summed E-state index contributed by atoms with van der Waals surface area (Å²) in [7, 11) is -3.83. The number of carbonyl (C=O) groups excluding carboxylic acids is 1. The van der Waals surface area contributed by atoms with Gasteiger partial charge in [0.15, 0.2) is 0 Å². The van der Waals surface area contributed by atoms with E-state index in [1.54, 1.807) is 19.9 Å². The van der Waals surface area contributed by atoms with Crippen LogP contribution in [0.4, 0.5) is 5.69 Å². The Labute approximate surface area is 186 Å². The van der Waals surface area contributed by atoms with Gasteiger partial charge in [0, 0.05) is 35.5 Å². The molecule has 2 aliphatic rings. The van der Waals surface area contributed by atoms with E-state index in [0.29, 0.717) is 17.0 Å². The van der Waals surface area contributed by atoms with Crippen LogP contribution in [0.1, 0.15) is 39.2 Å². The SMILES string of the molecule is CC1=C(C(=O)OCCN)C(c2cccc([N+](=O)[O-])c2)C(P2(=O)OCC(C)(C)CO2)=C(C)N1. The lowest BCUT2D eigenvalue weighted by atomic mass is 9.86. The van der Waals surface area contributed by atoms with Gasteiger partial charge in [0.1, 0.15) is 6.61 Å². The molecule has 0 aliphatic carbocycles. The van der Waals surface area contributed by atoms with Gasteiger partial charge < -0.3 is 24.8 Å². The van der Waals surface area contributed by atoms with E-state index in [-0.39, 0.29) is 48.4 Å². The smallest absolute Gasteiger partial charge is 0.360 e. The van der Waals surface area contributed by atoms with Crippen LogP contribution in [0.25, 0.3) is 0 Å². The third kappa shape index (κ3) is 4.78. The largest absolute Gasteiger partial charge is 0.461 e. The number of allylic oxidation sites excluding steroid dienone is 3. The highest BCUT2D eigenvalue weighted by molar-refractivity contribution is 7.58. The molecule has 0 aromatic heterocycles. The van der Waals surface area contributed by atoms with Gasteiger partial charge >= 0.3 is 13.6 Å². The van der Waals surface area contributed by atoms with Crippen LogP contribution >= 0.6 is 7.60 Å². The number of nitro groups is 1. The lowest BCUT2D eigenvalue weighted by Crippen LogP contribution is -2.34. The van der Waals surface area contributed by atoms with E-state index < -0.39 is 24.4 Å². The molecule has 3 rings (SSSR count).